The van der Waals surface area contributed by atoms with E-state index < -0.39 is 0 Å². The molecule has 0 radical (unpaired) electrons. The summed E-state index contributed by atoms with van der Waals surface area (Å²) in [6.07, 6.45) is 2.39. The Morgan fingerprint density at radius 3 is 2.28 bits per heavy atom. The highest BCUT2D eigenvalue weighted by molar-refractivity contribution is 5.28. The summed E-state index contributed by atoms with van der Waals surface area (Å²) in [5.74, 6) is 0. The first-order valence-corrected chi connectivity index (χ1v) is 6.99. The number of nitrogens with zero attached hydrogens (tertiary/aromatic N) is 2. The Kier molecular flexibility index (Phi) is 4.97. The minimum Gasteiger partial charge on any atom is -0.310 e. The van der Waals surface area contributed by atoms with Crippen molar-refractivity contribution >= 4 is 0 Å². The summed E-state index contributed by atoms with van der Waals surface area (Å²) in [4.78, 5) is 0. The Labute approximate surface area is 112 Å². The van der Waals surface area contributed by atoms with Gasteiger partial charge in [0.25, 0.3) is 0 Å². The van der Waals surface area contributed by atoms with Gasteiger partial charge in [0.05, 0.1) is 5.69 Å². The largest absolute Gasteiger partial charge is 0.310 e. The van der Waals surface area contributed by atoms with Gasteiger partial charge >= 0.3 is 0 Å². The molecule has 0 bridgehead atoms. The normalized spacial score (nSPS) is 13.9. The van der Waals surface area contributed by atoms with Crippen LogP contribution in [0.3, 0.4) is 0 Å². The second kappa shape index (κ2) is 5.87. The first-order valence-electron chi connectivity index (χ1n) is 6.99. The van der Waals surface area contributed by atoms with E-state index in [1.54, 1.807) is 0 Å². The quantitative estimate of drug-likeness (QED) is 0.868. The SMILES string of the molecule is CCNC(CCC(C)(C)C)c1c(C)nn(C)c1C. The van der Waals surface area contributed by atoms with E-state index in [0.717, 1.165) is 12.2 Å². The Morgan fingerprint density at radius 1 is 1.28 bits per heavy atom. The second-order valence-corrected chi connectivity index (χ2v) is 6.42. The van der Waals surface area contributed by atoms with Crippen molar-refractivity contribution < 1.29 is 0 Å². The van der Waals surface area contributed by atoms with Crippen molar-refractivity contribution in [3.8, 4) is 0 Å². The summed E-state index contributed by atoms with van der Waals surface area (Å²) in [5, 5.41) is 8.15. The zero-order valence-corrected chi connectivity index (χ0v) is 13.1. The molecule has 1 rings (SSSR count). The highest BCUT2D eigenvalue weighted by Gasteiger charge is 2.21. The molecule has 3 nitrogen and oxygen atoms in total. The number of nitrogens with one attached hydrogen (secondary N) is 1. The molecule has 1 N–H and O–H groups in total. The molecular formula is C15H29N3. The fourth-order valence-corrected chi connectivity index (χ4v) is 2.47. The van der Waals surface area contributed by atoms with Gasteiger partial charge in [-0.1, -0.05) is 27.7 Å². The van der Waals surface area contributed by atoms with Gasteiger partial charge in [-0.25, -0.2) is 0 Å². The molecule has 1 atom stereocenters. The molecule has 0 aromatic carbocycles. The third-order valence-corrected chi connectivity index (χ3v) is 3.55. The van der Waals surface area contributed by atoms with Crippen molar-refractivity contribution in [2.45, 2.75) is 60.4 Å². The van der Waals surface area contributed by atoms with Crippen molar-refractivity contribution in [3.63, 3.8) is 0 Å². The van der Waals surface area contributed by atoms with Gasteiger partial charge in [-0.15, -0.1) is 0 Å². The molecule has 1 heterocycles. The van der Waals surface area contributed by atoms with Gasteiger partial charge < -0.3 is 5.32 Å². The number of hydrogen-bond acceptors (Lipinski definition) is 2. The van der Waals surface area contributed by atoms with Gasteiger partial charge in [0.15, 0.2) is 0 Å². The van der Waals surface area contributed by atoms with Crippen LogP contribution in [-0.2, 0) is 7.05 Å². The van der Waals surface area contributed by atoms with Crippen LogP contribution in [0.5, 0.6) is 0 Å². The fourth-order valence-electron chi connectivity index (χ4n) is 2.47. The molecule has 0 spiro atoms. The summed E-state index contributed by atoms with van der Waals surface area (Å²) < 4.78 is 1.99. The molecule has 0 saturated carbocycles. The molecule has 1 aromatic rings. The monoisotopic (exact) mass is 251 g/mol. The maximum atomic E-state index is 4.53. The van der Waals surface area contributed by atoms with Crippen molar-refractivity contribution in [1.82, 2.24) is 15.1 Å². The number of hydrogen-bond donors (Lipinski definition) is 1. The third-order valence-electron chi connectivity index (χ3n) is 3.55. The van der Waals surface area contributed by atoms with Gasteiger partial charge in [0.2, 0.25) is 0 Å². The third kappa shape index (κ3) is 3.84. The average molecular weight is 251 g/mol. The Morgan fingerprint density at radius 2 is 1.89 bits per heavy atom. The predicted molar refractivity (Wildman–Crippen MR) is 77.8 cm³/mol. The maximum Gasteiger partial charge on any atom is 0.0644 e. The lowest BCUT2D eigenvalue weighted by Crippen LogP contribution is -2.23. The lowest BCUT2D eigenvalue weighted by molar-refractivity contribution is 0.333. The van der Waals surface area contributed by atoms with Crippen LogP contribution in [0.25, 0.3) is 0 Å². The van der Waals surface area contributed by atoms with E-state index in [9.17, 15) is 0 Å². The van der Waals surface area contributed by atoms with Crippen LogP contribution in [-0.4, -0.2) is 16.3 Å². The molecule has 0 aliphatic heterocycles. The predicted octanol–water partition coefficient (Wildman–Crippen LogP) is 3.51. The Bertz CT molecular complexity index is 385. The van der Waals surface area contributed by atoms with Gasteiger partial charge in [0.1, 0.15) is 0 Å². The number of aryl methyl sites for hydroxylation is 2. The van der Waals surface area contributed by atoms with Crippen LogP contribution < -0.4 is 5.32 Å². The average Bonchev–Trinajstić information content (AvgIpc) is 2.48. The molecule has 3 heteroatoms. The van der Waals surface area contributed by atoms with E-state index >= 15 is 0 Å². The van der Waals surface area contributed by atoms with E-state index in [1.165, 1.54) is 24.1 Å². The van der Waals surface area contributed by atoms with E-state index in [1.807, 2.05) is 11.7 Å². The summed E-state index contributed by atoms with van der Waals surface area (Å²) in [6.45, 7) is 14.4. The molecule has 0 aliphatic rings. The minimum absolute atomic E-state index is 0.387. The lowest BCUT2D eigenvalue weighted by Gasteiger charge is -2.24. The van der Waals surface area contributed by atoms with Crippen molar-refractivity contribution in [1.29, 1.82) is 0 Å². The fraction of sp³-hybridized carbons (Fsp3) is 0.800. The van der Waals surface area contributed by atoms with Crippen LogP contribution >= 0.6 is 0 Å². The zero-order chi connectivity index (χ0) is 13.9. The molecule has 1 unspecified atom stereocenters. The molecule has 18 heavy (non-hydrogen) atoms. The summed E-state index contributed by atoms with van der Waals surface area (Å²) in [5.41, 5.74) is 4.23. The Hall–Kier alpha value is -0.830. The van der Waals surface area contributed by atoms with Crippen LogP contribution in [0.4, 0.5) is 0 Å². The van der Waals surface area contributed by atoms with Gasteiger partial charge in [0, 0.05) is 24.3 Å². The Balaban J connectivity index is 2.90. The lowest BCUT2D eigenvalue weighted by atomic mass is 9.86. The molecule has 0 fully saturated rings. The maximum absolute atomic E-state index is 4.53. The first-order chi connectivity index (χ1) is 8.26. The second-order valence-electron chi connectivity index (χ2n) is 6.42. The summed E-state index contributed by atoms with van der Waals surface area (Å²) in [6, 6.07) is 0.433. The van der Waals surface area contributed by atoms with E-state index in [2.05, 4.69) is 52.0 Å². The van der Waals surface area contributed by atoms with Crippen molar-refractivity contribution in [2.24, 2.45) is 12.5 Å². The van der Waals surface area contributed by atoms with Crippen LogP contribution in [0.2, 0.25) is 0 Å². The molecule has 1 aromatic heterocycles. The van der Waals surface area contributed by atoms with E-state index in [-0.39, 0.29) is 0 Å². The highest BCUT2D eigenvalue weighted by atomic mass is 15.3. The molecular weight excluding hydrogens is 222 g/mol. The minimum atomic E-state index is 0.387. The molecule has 104 valence electrons. The van der Waals surface area contributed by atoms with Crippen LogP contribution in [0, 0.1) is 19.3 Å². The number of rotatable bonds is 5. The highest BCUT2D eigenvalue weighted by Crippen LogP contribution is 2.30. The molecule has 0 saturated heterocycles. The summed E-state index contributed by atoms with van der Waals surface area (Å²) in [7, 11) is 2.03. The van der Waals surface area contributed by atoms with Gasteiger partial charge in [-0.2, -0.15) is 5.10 Å². The van der Waals surface area contributed by atoms with Crippen LogP contribution in [0.1, 0.15) is 63.5 Å². The summed E-state index contributed by atoms with van der Waals surface area (Å²) >= 11 is 0. The van der Waals surface area contributed by atoms with E-state index in [0.29, 0.717) is 11.5 Å². The van der Waals surface area contributed by atoms with Crippen molar-refractivity contribution in [3.05, 3.63) is 17.0 Å². The van der Waals surface area contributed by atoms with Crippen molar-refractivity contribution in [2.75, 3.05) is 6.54 Å². The van der Waals surface area contributed by atoms with E-state index in [4.69, 9.17) is 0 Å². The topological polar surface area (TPSA) is 29.9 Å². The molecule has 0 amide bonds. The smallest absolute Gasteiger partial charge is 0.0644 e. The van der Waals surface area contributed by atoms with Gasteiger partial charge in [-0.05, 0) is 38.6 Å². The standard InChI is InChI=1S/C15H29N3/c1-8-16-13(9-10-15(4,5)6)14-11(2)17-18(7)12(14)3/h13,16H,8-10H2,1-7H3. The number of aromatic nitrogens is 2. The first kappa shape index (κ1) is 15.2. The van der Waals surface area contributed by atoms with Crippen LogP contribution in [0.15, 0.2) is 0 Å². The van der Waals surface area contributed by atoms with Gasteiger partial charge in [-0.3, -0.25) is 4.68 Å². The molecule has 0 aliphatic carbocycles. The zero-order valence-electron chi connectivity index (χ0n) is 13.1.